The van der Waals surface area contributed by atoms with Crippen molar-refractivity contribution < 1.29 is 13.9 Å². The molecule has 1 aliphatic rings. The predicted octanol–water partition coefficient (Wildman–Crippen LogP) is 2.04. The van der Waals surface area contributed by atoms with E-state index >= 15 is 0 Å². The Morgan fingerprint density at radius 3 is 2.78 bits per heavy atom. The fraction of sp³-hybridized carbons (Fsp3) is 0.462. The highest BCUT2D eigenvalue weighted by Gasteiger charge is 2.34. The second kappa shape index (κ2) is 4.94. The van der Waals surface area contributed by atoms with Gasteiger partial charge in [0, 0.05) is 23.7 Å². The van der Waals surface area contributed by atoms with Gasteiger partial charge in [0.25, 0.3) is 0 Å². The maximum absolute atomic E-state index is 13.4. The Kier molecular flexibility index (Phi) is 3.52. The van der Waals surface area contributed by atoms with Crippen molar-refractivity contribution in [2.75, 3.05) is 12.4 Å². The van der Waals surface area contributed by atoms with Gasteiger partial charge in [-0.1, -0.05) is 0 Å². The number of hydrogen-bond donors (Lipinski definition) is 2. The van der Waals surface area contributed by atoms with Crippen molar-refractivity contribution in [2.45, 2.75) is 31.2 Å². The Labute approximate surface area is 105 Å². The first-order valence-corrected chi connectivity index (χ1v) is 5.95. The van der Waals surface area contributed by atoms with E-state index in [9.17, 15) is 9.18 Å². The number of ether oxygens (including phenoxy) is 1. The summed E-state index contributed by atoms with van der Waals surface area (Å²) in [6.45, 7) is 0. The lowest BCUT2D eigenvalue weighted by Crippen LogP contribution is -2.48. The topological polar surface area (TPSA) is 64.3 Å². The molecule has 1 fully saturated rings. The van der Waals surface area contributed by atoms with Gasteiger partial charge in [-0.25, -0.2) is 4.39 Å². The van der Waals surface area contributed by atoms with Crippen LogP contribution in [0.1, 0.15) is 25.7 Å². The maximum atomic E-state index is 13.4. The van der Waals surface area contributed by atoms with Crippen LogP contribution in [0, 0.1) is 5.82 Å². The third-order valence-corrected chi connectivity index (χ3v) is 3.30. The van der Waals surface area contributed by atoms with E-state index in [4.69, 9.17) is 10.5 Å². The zero-order valence-electron chi connectivity index (χ0n) is 10.3. The van der Waals surface area contributed by atoms with Gasteiger partial charge in [0.05, 0.1) is 7.11 Å². The quantitative estimate of drug-likeness (QED) is 0.862. The molecule has 5 heteroatoms. The summed E-state index contributed by atoms with van der Waals surface area (Å²) in [4.78, 5) is 11.7. The van der Waals surface area contributed by atoms with Gasteiger partial charge in [-0.15, -0.1) is 0 Å². The number of halogens is 1. The summed E-state index contributed by atoms with van der Waals surface area (Å²) in [5.41, 5.74) is 6.03. The lowest BCUT2D eigenvalue weighted by molar-refractivity contribution is -0.118. The summed E-state index contributed by atoms with van der Waals surface area (Å²) in [5.74, 6) is -0.523. The molecule has 0 aliphatic heterocycles. The van der Waals surface area contributed by atoms with E-state index in [-0.39, 0.29) is 23.6 Å². The summed E-state index contributed by atoms with van der Waals surface area (Å²) in [5, 5.41) is 2.64. The van der Waals surface area contributed by atoms with Crippen molar-refractivity contribution in [2.24, 2.45) is 5.73 Å². The smallest absolute Gasteiger partial charge is 0.226 e. The van der Waals surface area contributed by atoms with Crippen LogP contribution in [0.25, 0.3) is 0 Å². The third-order valence-electron chi connectivity index (χ3n) is 3.30. The minimum atomic E-state index is -0.499. The number of hydrogen-bond acceptors (Lipinski definition) is 3. The van der Waals surface area contributed by atoms with Crippen LogP contribution in [0.3, 0.4) is 0 Å². The Bertz CT molecular complexity index is 458. The number of carbonyl (C=O) groups is 1. The van der Waals surface area contributed by atoms with Crippen molar-refractivity contribution in [3.8, 4) is 5.75 Å². The van der Waals surface area contributed by atoms with E-state index in [0.29, 0.717) is 5.69 Å². The largest absolute Gasteiger partial charge is 0.494 e. The molecule has 1 aromatic carbocycles. The average molecular weight is 252 g/mol. The molecule has 0 radical (unpaired) electrons. The van der Waals surface area contributed by atoms with Gasteiger partial charge in [0.1, 0.15) is 0 Å². The highest BCUT2D eigenvalue weighted by Crippen LogP contribution is 2.32. The van der Waals surface area contributed by atoms with Crippen LogP contribution < -0.4 is 15.8 Å². The normalized spacial score (nSPS) is 16.8. The van der Waals surface area contributed by atoms with Crippen LogP contribution >= 0.6 is 0 Å². The molecule has 0 aromatic heterocycles. The molecule has 0 unspecified atom stereocenters. The summed E-state index contributed by atoms with van der Waals surface area (Å²) in [6.07, 6.45) is 3.09. The Morgan fingerprint density at radius 2 is 2.28 bits per heavy atom. The van der Waals surface area contributed by atoms with Crippen molar-refractivity contribution in [1.29, 1.82) is 0 Å². The van der Waals surface area contributed by atoms with E-state index in [1.54, 1.807) is 6.07 Å². The molecule has 1 aromatic rings. The SMILES string of the molecule is COc1ccc(NC(=O)CC2(N)CCC2)cc1F. The van der Waals surface area contributed by atoms with E-state index < -0.39 is 5.82 Å². The molecule has 0 bridgehead atoms. The minimum absolute atomic E-state index is 0.155. The molecular formula is C13H17FN2O2. The number of amides is 1. The van der Waals surface area contributed by atoms with Gasteiger partial charge in [-0.3, -0.25) is 4.79 Å². The van der Waals surface area contributed by atoms with Crippen molar-refractivity contribution >= 4 is 11.6 Å². The molecular weight excluding hydrogens is 235 g/mol. The lowest BCUT2D eigenvalue weighted by atomic mass is 9.75. The second-order valence-electron chi connectivity index (χ2n) is 4.79. The van der Waals surface area contributed by atoms with Crippen molar-refractivity contribution in [3.05, 3.63) is 24.0 Å². The summed E-state index contributed by atoms with van der Waals surface area (Å²) >= 11 is 0. The lowest BCUT2D eigenvalue weighted by Gasteiger charge is -2.37. The number of nitrogens with two attached hydrogens (primary N) is 1. The number of carbonyl (C=O) groups excluding carboxylic acids is 1. The molecule has 2 rings (SSSR count). The molecule has 0 atom stereocenters. The van der Waals surface area contributed by atoms with Gasteiger partial charge in [-0.2, -0.15) is 0 Å². The Morgan fingerprint density at radius 1 is 1.56 bits per heavy atom. The summed E-state index contributed by atoms with van der Waals surface area (Å²) in [7, 11) is 1.39. The zero-order valence-corrected chi connectivity index (χ0v) is 10.3. The average Bonchev–Trinajstić information content (AvgIpc) is 2.27. The number of rotatable bonds is 4. The van der Waals surface area contributed by atoms with Crippen LogP contribution in [0.5, 0.6) is 5.75 Å². The first-order valence-electron chi connectivity index (χ1n) is 5.95. The molecule has 4 nitrogen and oxygen atoms in total. The van der Waals surface area contributed by atoms with E-state index in [1.807, 2.05) is 0 Å². The molecule has 0 heterocycles. The number of anilines is 1. The fourth-order valence-corrected chi connectivity index (χ4v) is 2.08. The monoisotopic (exact) mass is 252 g/mol. The number of nitrogens with one attached hydrogen (secondary N) is 1. The first-order chi connectivity index (χ1) is 8.52. The van der Waals surface area contributed by atoms with Gasteiger partial charge in [0.2, 0.25) is 5.91 Å². The summed E-state index contributed by atoms with van der Waals surface area (Å²) < 4.78 is 18.2. The first kappa shape index (κ1) is 12.8. The Balaban J connectivity index is 1.96. The molecule has 0 saturated heterocycles. The van der Waals surface area contributed by atoms with Crippen LogP contribution in [0.15, 0.2) is 18.2 Å². The molecule has 0 spiro atoms. The van der Waals surface area contributed by atoms with Crippen molar-refractivity contribution in [3.63, 3.8) is 0 Å². The second-order valence-corrected chi connectivity index (χ2v) is 4.79. The van der Waals surface area contributed by atoms with Crippen molar-refractivity contribution in [1.82, 2.24) is 0 Å². The maximum Gasteiger partial charge on any atom is 0.226 e. The standard InChI is InChI=1S/C13H17FN2O2/c1-18-11-4-3-9(7-10(11)14)16-12(17)8-13(15)5-2-6-13/h3-4,7H,2,5-6,8,15H2,1H3,(H,16,17). The van der Waals surface area contributed by atoms with Gasteiger partial charge in [-0.05, 0) is 31.4 Å². The minimum Gasteiger partial charge on any atom is -0.494 e. The highest BCUT2D eigenvalue weighted by molar-refractivity contribution is 5.91. The van der Waals surface area contributed by atoms with E-state index in [2.05, 4.69) is 5.32 Å². The van der Waals surface area contributed by atoms with Crippen LogP contribution in [0.2, 0.25) is 0 Å². The summed E-state index contributed by atoms with van der Waals surface area (Å²) in [6, 6.07) is 4.32. The molecule has 1 aliphatic carbocycles. The third kappa shape index (κ3) is 2.79. The zero-order chi connectivity index (χ0) is 13.2. The molecule has 18 heavy (non-hydrogen) atoms. The highest BCUT2D eigenvalue weighted by atomic mass is 19.1. The molecule has 1 saturated carbocycles. The van der Waals surface area contributed by atoms with Crippen LogP contribution in [-0.4, -0.2) is 18.6 Å². The van der Waals surface area contributed by atoms with E-state index in [1.165, 1.54) is 19.2 Å². The van der Waals surface area contributed by atoms with Crippen LogP contribution in [-0.2, 0) is 4.79 Å². The van der Waals surface area contributed by atoms with E-state index in [0.717, 1.165) is 19.3 Å². The molecule has 3 N–H and O–H groups in total. The Hall–Kier alpha value is -1.62. The molecule has 98 valence electrons. The molecule has 1 amide bonds. The predicted molar refractivity (Wildman–Crippen MR) is 67.0 cm³/mol. The van der Waals surface area contributed by atoms with Gasteiger partial charge >= 0.3 is 0 Å². The fourth-order valence-electron chi connectivity index (χ4n) is 2.08. The number of methoxy groups -OCH3 is 1. The van der Waals surface area contributed by atoms with Crippen LogP contribution in [0.4, 0.5) is 10.1 Å². The van der Waals surface area contributed by atoms with Gasteiger partial charge < -0.3 is 15.8 Å². The van der Waals surface area contributed by atoms with Gasteiger partial charge in [0.15, 0.2) is 11.6 Å². The number of benzene rings is 1.